The van der Waals surface area contributed by atoms with Crippen LogP contribution in [0, 0.1) is 0 Å². The summed E-state index contributed by atoms with van der Waals surface area (Å²) >= 11 is 0. The summed E-state index contributed by atoms with van der Waals surface area (Å²) in [7, 11) is 3.55. The first-order valence-corrected chi connectivity index (χ1v) is 11.0. The van der Waals surface area contributed by atoms with Crippen molar-refractivity contribution in [2.75, 3.05) is 38.7 Å². The highest BCUT2D eigenvalue weighted by Crippen LogP contribution is 2.30. The van der Waals surface area contributed by atoms with Gasteiger partial charge in [0.2, 0.25) is 0 Å². The highest BCUT2D eigenvalue weighted by atomic mass is 16.5. The number of nitrogens with one attached hydrogen (secondary N) is 2. The summed E-state index contributed by atoms with van der Waals surface area (Å²) in [5.74, 6) is 4.00. The van der Waals surface area contributed by atoms with Crippen molar-refractivity contribution in [1.29, 1.82) is 0 Å². The van der Waals surface area contributed by atoms with Gasteiger partial charge >= 0.3 is 0 Å². The maximum absolute atomic E-state index is 5.52. The number of hydrogen-bond acceptors (Lipinski definition) is 5. The predicted octanol–water partition coefficient (Wildman–Crippen LogP) is 2.00. The van der Waals surface area contributed by atoms with Crippen LogP contribution in [0.4, 0.5) is 5.69 Å². The average molecular weight is 412 g/mol. The first kappa shape index (κ1) is 20.5. The van der Waals surface area contributed by atoms with E-state index < -0.39 is 0 Å². The molecule has 8 nitrogen and oxygen atoms in total. The summed E-state index contributed by atoms with van der Waals surface area (Å²) in [4.78, 5) is 6.78. The van der Waals surface area contributed by atoms with Gasteiger partial charge in [0.25, 0.3) is 0 Å². The SMILES string of the molecule is CN=C(NCCc1nnc2n1CCCCC2)NC1CCN(c2ccccc2OC)C1. The number of aromatic nitrogens is 3. The Hall–Kier alpha value is -2.77. The Balaban J connectivity index is 1.27. The lowest BCUT2D eigenvalue weighted by molar-refractivity contribution is 0.415. The van der Waals surface area contributed by atoms with Gasteiger partial charge in [0.1, 0.15) is 17.4 Å². The van der Waals surface area contributed by atoms with Crippen LogP contribution < -0.4 is 20.3 Å². The fourth-order valence-corrected chi connectivity index (χ4v) is 4.40. The number of benzene rings is 1. The molecule has 0 saturated carbocycles. The Labute approximate surface area is 178 Å². The standard InChI is InChI=1S/C22H33N7O/c1-23-22(24-13-11-21-27-26-20-10-4-3-7-14-29(20)21)25-17-12-15-28(16-17)18-8-5-6-9-19(18)30-2/h5-6,8-9,17H,3-4,7,10-16H2,1-2H3,(H2,23,24,25). The van der Waals surface area contributed by atoms with Gasteiger partial charge in [-0.3, -0.25) is 4.99 Å². The van der Waals surface area contributed by atoms with E-state index >= 15 is 0 Å². The second-order valence-corrected chi connectivity index (χ2v) is 7.99. The molecule has 0 spiro atoms. The van der Waals surface area contributed by atoms with Crippen LogP contribution in [-0.4, -0.2) is 60.6 Å². The van der Waals surface area contributed by atoms with E-state index in [1.807, 2.05) is 19.2 Å². The van der Waals surface area contributed by atoms with Crippen molar-refractivity contribution < 1.29 is 4.74 Å². The molecule has 2 aromatic rings. The van der Waals surface area contributed by atoms with E-state index in [-0.39, 0.29) is 0 Å². The molecule has 2 N–H and O–H groups in total. The van der Waals surface area contributed by atoms with Crippen molar-refractivity contribution in [3.63, 3.8) is 0 Å². The lowest BCUT2D eigenvalue weighted by Crippen LogP contribution is -2.45. The second kappa shape index (κ2) is 9.82. The topological polar surface area (TPSA) is 79.6 Å². The molecule has 0 amide bonds. The minimum absolute atomic E-state index is 0.352. The molecule has 1 atom stereocenters. The van der Waals surface area contributed by atoms with E-state index in [1.165, 1.54) is 19.3 Å². The van der Waals surface area contributed by atoms with Gasteiger partial charge in [-0.15, -0.1) is 10.2 Å². The van der Waals surface area contributed by atoms with Crippen LogP contribution in [0.1, 0.15) is 37.3 Å². The van der Waals surface area contributed by atoms with Gasteiger partial charge in [-0.05, 0) is 31.4 Å². The molecule has 3 heterocycles. The smallest absolute Gasteiger partial charge is 0.191 e. The number of guanidine groups is 1. The van der Waals surface area contributed by atoms with Gasteiger partial charge in [-0.1, -0.05) is 18.6 Å². The summed E-state index contributed by atoms with van der Waals surface area (Å²) in [6.07, 6.45) is 6.69. The first-order valence-electron chi connectivity index (χ1n) is 11.0. The van der Waals surface area contributed by atoms with Crippen molar-refractivity contribution in [1.82, 2.24) is 25.4 Å². The molecule has 0 aliphatic carbocycles. The van der Waals surface area contributed by atoms with Crippen LogP contribution in [-0.2, 0) is 19.4 Å². The maximum atomic E-state index is 5.52. The number of aliphatic imine (C=N–C) groups is 1. The average Bonchev–Trinajstić information content (AvgIpc) is 3.33. The monoisotopic (exact) mass is 411 g/mol. The number of ether oxygens (including phenoxy) is 1. The van der Waals surface area contributed by atoms with Crippen LogP contribution in [0.2, 0.25) is 0 Å². The van der Waals surface area contributed by atoms with Crippen molar-refractivity contribution >= 4 is 11.6 Å². The van der Waals surface area contributed by atoms with Gasteiger partial charge in [0, 0.05) is 52.1 Å². The highest BCUT2D eigenvalue weighted by Gasteiger charge is 2.25. The number of anilines is 1. The number of para-hydroxylation sites is 2. The zero-order valence-electron chi connectivity index (χ0n) is 18.1. The van der Waals surface area contributed by atoms with E-state index in [9.17, 15) is 0 Å². The molecule has 1 aromatic heterocycles. The van der Waals surface area contributed by atoms with Crippen LogP contribution in [0.3, 0.4) is 0 Å². The van der Waals surface area contributed by atoms with Crippen LogP contribution in [0.5, 0.6) is 5.75 Å². The predicted molar refractivity (Wildman–Crippen MR) is 119 cm³/mol. The zero-order chi connectivity index (χ0) is 20.8. The third kappa shape index (κ3) is 4.68. The largest absolute Gasteiger partial charge is 0.495 e. The molecule has 1 fully saturated rings. The number of fused-ring (bicyclic) bond motifs is 1. The molecule has 1 aromatic carbocycles. The second-order valence-electron chi connectivity index (χ2n) is 7.99. The molecular formula is C22H33N7O. The molecule has 2 aliphatic rings. The number of rotatable bonds is 6. The molecule has 4 rings (SSSR count). The van der Waals surface area contributed by atoms with Gasteiger partial charge in [0.15, 0.2) is 5.96 Å². The number of aryl methyl sites for hydroxylation is 1. The lowest BCUT2D eigenvalue weighted by atomic mass is 10.2. The first-order chi connectivity index (χ1) is 14.8. The van der Waals surface area contributed by atoms with Gasteiger partial charge in [-0.2, -0.15) is 0 Å². The molecular weight excluding hydrogens is 378 g/mol. The third-order valence-electron chi connectivity index (χ3n) is 6.01. The summed E-state index contributed by atoms with van der Waals surface area (Å²) in [6, 6.07) is 8.56. The molecule has 162 valence electrons. The molecule has 8 heteroatoms. The number of hydrogen-bond donors (Lipinski definition) is 2. The number of nitrogens with zero attached hydrogens (tertiary/aromatic N) is 5. The van der Waals surface area contributed by atoms with Crippen molar-refractivity contribution in [2.45, 2.75) is 51.1 Å². The molecule has 1 saturated heterocycles. The Morgan fingerprint density at radius 3 is 2.97 bits per heavy atom. The van der Waals surface area contributed by atoms with E-state index in [1.54, 1.807) is 7.11 Å². The Morgan fingerprint density at radius 2 is 2.10 bits per heavy atom. The van der Waals surface area contributed by atoms with Crippen molar-refractivity contribution in [3.05, 3.63) is 35.9 Å². The minimum atomic E-state index is 0.352. The van der Waals surface area contributed by atoms with Gasteiger partial charge in [0.05, 0.1) is 12.8 Å². The Kier molecular flexibility index (Phi) is 6.71. The fourth-order valence-electron chi connectivity index (χ4n) is 4.40. The van der Waals surface area contributed by atoms with E-state index in [4.69, 9.17) is 4.74 Å². The Morgan fingerprint density at radius 1 is 1.20 bits per heavy atom. The zero-order valence-corrected chi connectivity index (χ0v) is 18.1. The van der Waals surface area contributed by atoms with Crippen molar-refractivity contribution in [3.8, 4) is 5.75 Å². The minimum Gasteiger partial charge on any atom is -0.495 e. The van der Waals surface area contributed by atoms with Crippen LogP contribution in [0.15, 0.2) is 29.3 Å². The van der Waals surface area contributed by atoms with Crippen LogP contribution >= 0.6 is 0 Å². The van der Waals surface area contributed by atoms with E-state index in [0.717, 1.165) is 74.5 Å². The molecule has 2 aliphatic heterocycles. The van der Waals surface area contributed by atoms with Gasteiger partial charge in [-0.25, -0.2) is 0 Å². The summed E-state index contributed by atoms with van der Waals surface area (Å²) in [5.41, 5.74) is 1.15. The van der Waals surface area contributed by atoms with E-state index in [0.29, 0.717) is 6.04 Å². The Bertz CT molecular complexity index is 863. The highest BCUT2D eigenvalue weighted by molar-refractivity contribution is 5.80. The molecule has 1 unspecified atom stereocenters. The summed E-state index contributed by atoms with van der Waals surface area (Å²) in [5, 5.41) is 15.8. The van der Waals surface area contributed by atoms with Gasteiger partial charge < -0.3 is 24.8 Å². The molecule has 0 radical (unpaired) electrons. The van der Waals surface area contributed by atoms with E-state index in [2.05, 4.69) is 47.4 Å². The fraction of sp³-hybridized carbons (Fsp3) is 0.591. The molecule has 30 heavy (non-hydrogen) atoms. The third-order valence-corrected chi connectivity index (χ3v) is 6.01. The number of methoxy groups -OCH3 is 1. The summed E-state index contributed by atoms with van der Waals surface area (Å²) < 4.78 is 7.83. The van der Waals surface area contributed by atoms with Crippen LogP contribution in [0.25, 0.3) is 0 Å². The molecule has 0 bridgehead atoms. The lowest BCUT2D eigenvalue weighted by Gasteiger charge is -2.22. The normalized spacial score (nSPS) is 19.3. The van der Waals surface area contributed by atoms with Crippen molar-refractivity contribution in [2.24, 2.45) is 4.99 Å². The quantitative estimate of drug-likeness (QED) is 0.559. The summed E-state index contributed by atoms with van der Waals surface area (Å²) in [6.45, 7) is 3.77. The maximum Gasteiger partial charge on any atom is 0.191 e.